The Bertz CT molecular complexity index is 735. The highest BCUT2D eigenvalue weighted by molar-refractivity contribution is 5.32. The van der Waals surface area contributed by atoms with Gasteiger partial charge in [0, 0.05) is 11.8 Å². The quantitative estimate of drug-likeness (QED) is 0.311. The van der Waals surface area contributed by atoms with Crippen LogP contribution >= 0.6 is 0 Å². The Morgan fingerprint density at radius 2 is 1.86 bits per heavy atom. The molecule has 3 rings (SSSR count). The number of rotatable bonds is 5. The molecule has 1 aliphatic carbocycles. The summed E-state index contributed by atoms with van der Waals surface area (Å²) in [6.07, 6.45) is 13.2. The third-order valence-corrected chi connectivity index (χ3v) is 6.08. The van der Waals surface area contributed by atoms with Gasteiger partial charge in [-0.25, -0.2) is 8.78 Å². The molecule has 3 heteroatoms. The first-order valence-corrected chi connectivity index (χ1v) is 10.8. The van der Waals surface area contributed by atoms with Crippen molar-refractivity contribution in [3.63, 3.8) is 0 Å². The lowest BCUT2D eigenvalue weighted by Crippen LogP contribution is -2.25. The average Bonchev–Trinajstić information content (AvgIpc) is 2.72. The van der Waals surface area contributed by atoms with Crippen LogP contribution in [0.1, 0.15) is 75.3 Å². The molecule has 1 aromatic rings. The molecular formula is C25H32F2O. The summed E-state index contributed by atoms with van der Waals surface area (Å²) in [5.74, 6) is 6.02. The van der Waals surface area contributed by atoms with Gasteiger partial charge in [-0.3, -0.25) is 0 Å². The molecule has 1 aliphatic heterocycles. The summed E-state index contributed by atoms with van der Waals surface area (Å²) in [7, 11) is 0. The minimum atomic E-state index is -0.727. The zero-order valence-corrected chi connectivity index (χ0v) is 17.1. The molecule has 0 saturated carbocycles. The van der Waals surface area contributed by atoms with E-state index >= 15 is 0 Å². The van der Waals surface area contributed by atoms with Gasteiger partial charge in [0.15, 0.2) is 11.6 Å². The number of hydrogen-bond acceptors (Lipinski definition) is 1. The second-order valence-electron chi connectivity index (χ2n) is 8.32. The van der Waals surface area contributed by atoms with E-state index in [0.717, 1.165) is 25.9 Å². The van der Waals surface area contributed by atoms with Crippen molar-refractivity contribution in [3.05, 3.63) is 47.0 Å². The molecule has 1 nitrogen and oxygen atoms in total. The van der Waals surface area contributed by atoms with Gasteiger partial charge in [-0.05, 0) is 56.1 Å². The van der Waals surface area contributed by atoms with E-state index in [9.17, 15) is 8.78 Å². The monoisotopic (exact) mass is 386 g/mol. The fourth-order valence-corrected chi connectivity index (χ4v) is 4.18. The maximum absolute atomic E-state index is 14.2. The van der Waals surface area contributed by atoms with Gasteiger partial charge in [0.05, 0.1) is 6.61 Å². The van der Waals surface area contributed by atoms with Crippen LogP contribution in [-0.4, -0.2) is 12.7 Å². The van der Waals surface area contributed by atoms with Gasteiger partial charge in [-0.1, -0.05) is 62.3 Å². The minimum absolute atomic E-state index is 0.0530. The van der Waals surface area contributed by atoms with Crippen LogP contribution in [0.5, 0.6) is 0 Å². The van der Waals surface area contributed by atoms with Crippen molar-refractivity contribution in [1.29, 1.82) is 0 Å². The Labute approximate surface area is 168 Å². The maximum atomic E-state index is 14.2. The summed E-state index contributed by atoms with van der Waals surface area (Å²) in [6, 6.07) is 3.37. The Hall–Kier alpha value is -1.66. The van der Waals surface area contributed by atoms with E-state index in [1.165, 1.54) is 32.1 Å². The topological polar surface area (TPSA) is 9.23 Å². The summed E-state index contributed by atoms with van der Waals surface area (Å²) >= 11 is 0. The summed E-state index contributed by atoms with van der Waals surface area (Å²) in [6.45, 7) is 4.66. The molecule has 1 aromatic carbocycles. The second-order valence-corrected chi connectivity index (χ2v) is 8.32. The van der Waals surface area contributed by atoms with Crippen molar-refractivity contribution in [2.24, 2.45) is 11.8 Å². The molecule has 0 radical (unpaired) electrons. The zero-order valence-electron chi connectivity index (χ0n) is 17.1. The van der Waals surface area contributed by atoms with Crippen molar-refractivity contribution in [2.45, 2.75) is 77.2 Å². The summed E-state index contributed by atoms with van der Waals surface area (Å²) in [5, 5.41) is 0. The van der Waals surface area contributed by atoms with Gasteiger partial charge in [-0.2, -0.15) is 0 Å². The van der Waals surface area contributed by atoms with Crippen molar-refractivity contribution in [1.82, 2.24) is 0 Å². The van der Waals surface area contributed by atoms with E-state index in [4.69, 9.17) is 4.74 Å². The molecule has 4 unspecified atom stereocenters. The summed E-state index contributed by atoms with van der Waals surface area (Å²) < 4.78 is 34.0. The lowest BCUT2D eigenvalue weighted by atomic mass is 9.84. The summed E-state index contributed by atoms with van der Waals surface area (Å²) in [4.78, 5) is 0. The number of benzene rings is 1. The molecule has 1 fully saturated rings. The van der Waals surface area contributed by atoms with Crippen LogP contribution in [0.4, 0.5) is 8.78 Å². The Kier molecular flexibility index (Phi) is 7.68. The highest BCUT2D eigenvalue weighted by Crippen LogP contribution is 2.33. The zero-order chi connectivity index (χ0) is 19.9. The van der Waals surface area contributed by atoms with Crippen LogP contribution in [-0.2, 0) is 4.74 Å². The Balaban J connectivity index is 1.50. The molecule has 1 saturated heterocycles. The van der Waals surface area contributed by atoms with E-state index < -0.39 is 11.6 Å². The average molecular weight is 387 g/mol. The van der Waals surface area contributed by atoms with Gasteiger partial charge in [0.2, 0.25) is 0 Å². The predicted molar refractivity (Wildman–Crippen MR) is 110 cm³/mol. The molecule has 0 aromatic heterocycles. The number of ether oxygens (including phenoxy) is 1. The molecule has 0 N–H and O–H groups in total. The molecule has 28 heavy (non-hydrogen) atoms. The molecule has 4 atom stereocenters. The normalized spacial score (nSPS) is 27.3. The Morgan fingerprint density at radius 3 is 2.54 bits per heavy atom. The number of unbranched alkanes of at least 4 members (excludes halogenated alkanes) is 2. The molecule has 0 spiro atoms. The number of allylic oxidation sites excluding steroid dienone is 2. The fraction of sp³-hybridized carbons (Fsp3) is 0.600. The van der Waals surface area contributed by atoms with E-state index in [1.54, 1.807) is 19.1 Å². The van der Waals surface area contributed by atoms with E-state index in [2.05, 4.69) is 24.8 Å². The Morgan fingerprint density at radius 1 is 1.00 bits per heavy atom. The van der Waals surface area contributed by atoms with Crippen LogP contribution < -0.4 is 0 Å². The first-order chi connectivity index (χ1) is 13.6. The van der Waals surface area contributed by atoms with Crippen LogP contribution in [0.15, 0.2) is 24.3 Å². The number of hydrogen-bond donors (Lipinski definition) is 0. The summed E-state index contributed by atoms with van der Waals surface area (Å²) in [5.41, 5.74) is 0.806. The largest absolute Gasteiger partial charge is 0.365 e. The van der Waals surface area contributed by atoms with Crippen LogP contribution in [0.25, 0.3) is 0 Å². The lowest BCUT2D eigenvalue weighted by molar-refractivity contribution is 0.0129. The molecule has 2 aliphatic rings. The smallest absolute Gasteiger partial charge is 0.162 e. The number of halogens is 2. The van der Waals surface area contributed by atoms with Gasteiger partial charge in [-0.15, -0.1) is 0 Å². The third kappa shape index (κ3) is 5.45. The van der Waals surface area contributed by atoms with E-state index in [0.29, 0.717) is 17.0 Å². The molecule has 0 bridgehead atoms. The second kappa shape index (κ2) is 10.2. The molecule has 1 heterocycles. The first kappa shape index (κ1) is 21.1. The maximum Gasteiger partial charge on any atom is 0.162 e. The lowest BCUT2D eigenvalue weighted by Gasteiger charge is -2.26. The fourth-order valence-electron chi connectivity index (χ4n) is 4.18. The first-order valence-electron chi connectivity index (χ1n) is 10.8. The number of aryl methyl sites for hydroxylation is 1. The third-order valence-electron chi connectivity index (χ3n) is 6.08. The molecule has 152 valence electrons. The van der Waals surface area contributed by atoms with Crippen molar-refractivity contribution < 1.29 is 13.5 Å². The van der Waals surface area contributed by atoms with Crippen LogP contribution in [0.2, 0.25) is 0 Å². The van der Waals surface area contributed by atoms with Gasteiger partial charge in [0.1, 0.15) is 6.10 Å². The predicted octanol–water partition coefficient (Wildman–Crippen LogP) is 6.70. The van der Waals surface area contributed by atoms with E-state index in [1.807, 2.05) is 6.08 Å². The van der Waals surface area contributed by atoms with Crippen molar-refractivity contribution in [3.8, 4) is 11.8 Å². The molecular weight excluding hydrogens is 354 g/mol. The standard InChI is InChI=1S/C25H32F2O/c1-3-4-5-6-20-11-15-22(28-17-20)14-10-19-8-12-21(13-9-19)23-16-7-18(2)24(26)25(23)27/h7-8,12,16,19-22H,3-6,9,11,13,15,17H2,1-2H3. The molecule has 0 amide bonds. The SMILES string of the molecule is CCCCCC1CCC(C#CC2C=CC(c3ccc(C)c(F)c3F)CC2)OC1. The van der Waals surface area contributed by atoms with Crippen LogP contribution in [0, 0.1) is 42.2 Å². The van der Waals surface area contributed by atoms with Crippen LogP contribution in [0.3, 0.4) is 0 Å². The highest BCUT2D eigenvalue weighted by atomic mass is 19.2. The van der Waals surface area contributed by atoms with Crippen molar-refractivity contribution in [2.75, 3.05) is 6.61 Å². The highest BCUT2D eigenvalue weighted by Gasteiger charge is 2.22. The van der Waals surface area contributed by atoms with Gasteiger partial charge >= 0.3 is 0 Å². The van der Waals surface area contributed by atoms with Gasteiger partial charge < -0.3 is 4.74 Å². The van der Waals surface area contributed by atoms with Crippen molar-refractivity contribution >= 4 is 0 Å². The minimum Gasteiger partial charge on any atom is -0.365 e. The van der Waals surface area contributed by atoms with Gasteiger partial charge in [0.25, 0.3) is 0 Å². The van der Waals surface area contributed by atoms with E-state index in [-0.39, 0.29) is 17.9 Å².